The second-order valence-corrected chi connectivity index (χ2v) is 19.3. The Morgan fingerprint density at radius 1 is 0.887 bits per heavy atom. The third-order valence-electron chi connectivity index (χ3n) is 14.4. The van der Waals surface area contributed by atoms with Gasteiger partial charge in [-0.25, -0.2) is 4.79 Å². The molecule has 0 radical (unpaired) electrons. The van der Waals surface area contributed by atoms with Gasteiger partial charge in [0.25, 0.3) is 0 Å². The van der Waals surface area contributed by atoms with Crippen LogP contribution >= 0.6 is 0 Å². The summed E-state index contributed by atoms with van der Waals surface area (Å²) in [5.41, 5.74) is 0.708. The van der Waals surface area contributed by atoms with Crippen LogP contribution in [0.4, 0.5) is 4.79 Å². The molecule has 9 unspecified atom stereocenters. The highest BCUT2D eigenvalue weighted by atomic mass is 16.7. The van der Waals surface area contributed by atoms with Crippen molar-refractivity contribution in [1.29, 1.82) is 0 Å². The fourth-order valence-corrected chi connectivity index (χ4v) is 11.3. The molecule has 0 amide bonds. The maximum absolute atomic E-state index is 14.9. The number of quaternary nitrogens is 1. The standard InChI is InChI=1S/C48H76NO13/c1-12-13-15-32-16-14-17-40(62-42-21-20-39(29(5)58-42)49(7,8)26-56-48(52)57-27(2)3)28(4)43(51)38-24-36-34(37(38)25-41(50)60-32)19-18-31-22-33(23-35(31)36)61-47-46(55-11)45(54-10)44(53-9)30(6)59-47/h13,15,18-19,24,27-37,39-40,42,44-47H,12,14,16-17,20-23,25-26H2,1-11H3/q+1/b15-13+/t28-,29?,30?,31-,32+,33-,34-,35-,36-,37?,39?,40+,42?,44?,45?,46?,47?/m1/s1. The van der Waals surface area contributed by atoms with Crippen LogP contribution in [0, 0.1) is 35.5 Å². The number of Topliss-reactive ketones (excluding diaryl/α,β-unsaturated/α-hetero) is 1. The number of methoxy groups -OCH3 is 3. The molecule has 14 heteroatoms. The van der Waals surface area contributed by atoms with Crippen molar-refractivity contribution in [2.75, 3.05) is 42.2 Å². The summed E-state index contributed by atoms with van der Waals surface area (Å²) in [6.45, 7) is 11.8. The van der Waals surface area contributed by atoms with Gasteiger partial charge in [0.1, 0.15) is 36.6 Å². The summed E-state index contributed by atoms with van der Waals surface area (Å²) in [7, 11) is 8.99. The molecule has 14 nitrogen and oxygen atoms in total. The molecular formula is C48H76NO13+. The van der Waals surface area contributed by atoms with E-state index in [2.05, 4.69) is 31.2 Å². The molecule has 3 aliphatic heterocycles. The molecule has 1 saturated carbocycles. The average Bonchev–Trinajstić information content (AvgIpc) is 3.81. The highest BCUT2D eigenvalue weighted by molar-refractivity contribution is 5.99. The molecule has 0 aromatic rings. The zero-order chi connectivity index (χ0) is 44.9. The van der Waals surface area contributed by atoms with Gasteiger partial charge in [-0.1, -0.05) is 38.2 Å². The molecule has 6 aliphatic rings. The number of allylic oxidation sites excluding steroid dienone is 5. The van der Waals surface area contributed by atoms with Crippen LogP contribution in [0.2, 0.25) is 0 Å². The lowest BCUT2D eigenvalue weighted by atomic mass is 9.70. The Hall–Kier alpha value is -2.69. The fraction of sp³-hybridized carbons (Fsp3) is 0.812. The molecule has 0 N–H and O–H groups in total. The summed E-state index contributed by atoms with van der Waals surface area (Å²) >= 11 is 0. The van der Waals surface area contributed by atoms with Crippen molar-refractivity contribution < 1.29 is 66.2 Å². The summed E-state index contributed by atoms with van der Waals surface area (Å²) in [4.78, 5) is 40.9. The van der Waals surface area contributed by atoms with E-state index in [-0.39, 0.29) is 103 Å². The van der Waals surface area contributed by atoms with E-state index in [1.165, 1.54) is 0 Å². The lowest BCUT2D eigenvalue weighted by molar-refractivity contribution is -0.936. The van der Waals surface area contributed by atoms with Crippen molar-refractivity contribution in [1.82, 2.24) is 0 Å². The third kappa shape index (κ3) is 11.2. The number of fused-ring (bicyclic) bond motifs is 5. The molecule has 350 valence electrons. The van der Waals surface area contributed by atoms with Crippen LogP contribution < -0.4 is 0 Å². The number of cyclic esters (lactones) is 1. The zero-order valence-electron chi connectivity index (χ0n) is 39.1. The predicted octanol–water partition coefficient (Wildman–Crippen LogP) is 7.08. The number of carbonyl (C=O) groups excluding carboxylic acids is 3. The van der Waals surface area contributed by atoms with E-state index in [4.69, 9.17) is 47.4 Å². The maximum Gasteiger partial charge on any atom is 0.512 e. The third-order valence-corrected chi connectivity index (χ3v) is 14.4. The molecule has 0 aromatic heterocycles. The van der Waals surface area contributed by atoms with Gasteiger partial charge in [0.05, 0.1) is 44.9 Å². The zero-order valence-corrected chi connectivity index (χ0v) is 39.1. The summed E-state index contributed by atoms with van der Waals surface area (Å²) < 4.78 is 61.1. The summed E-state index contributed by atoms with van der Waals surface area (Å²) in [5, 5.41) is 0. The first-order chi connectivity index (χ1) is 29.6. The summed E-state index contributed by atoms with van der Waals surface area (Å²) in [6, 6.07) is 0.0496. The van der Waals surface area contributed by atoms with Crippen LogP contribution in [0.15, 0.2) is 36.0 Å². The Kier molecular flexibility index (Phi) is 16.9. The van der Waals surface area contributed by atoms with Crippen LogP contribution in [0.3, 0.4) is 0 Å². The second-order valence-electron chi connectivity index (χ2n) is 19.3. The van der Waals surface area contributed by atoms with E-state index in [0.29, 0.717) is 35.7 Å². The molecule has 0 bridgehead atoms. The second kappa shape index (κ2) is 21.5. The normalized spacial score (nSPS) is 40.5. The van der Waals surface area contributed by atoms with E-state index >= 15 is 0 Å². The molecule has 6 rings (SSSR count). The Morgan fingerprint density at radius 2 is 1.63 bits per heavy atom. The van der Waals surface area contributed by atoms with E-state index in [9.17, 15) is 14.4 Å². The lowest BCUT2D eigenvalue weighted by Crippen LogP contribution is -2.59. The molecule has 62 heavy (non-hydrogen) atoms. The maximum atomic E-state index is 14.9. The van der Waals surface area contributed by atoms with Gasteiger partial charge in [0.15, 0.2) is 18.4 Å². The van der Waals surface area contributed by atoms with Crippen molar-refractivity contribution in [2.24, 2.45) is 35.5 Å². The Balaban J connectivity index is 1.18. The van der Waals surface area contributed by atoms with E-state index in [1.807, 2.05) is 40.9 Å². The van der Waals surface area contributed by atoms with Crippen molar-refractivity contribution in [3.8, 4) is 0 Å². The number of ether oxygens (including phenoxy) is 10. The molecule has 17 atom stereocenters. The van der Waals surface area contributed by atoms with Crippen molar-refractivity contribution in [2.45, 2.75) is 173 Å². The number of hydrogen-bond donors (Lipinski definition) is 0. The number of ketones is 1. The molecule has 3 saturated heterocycles. The number of nitrogens with zero attached hydrogens (tertiary/aromatic N) is 1. The van der Waals surface area contributed by atoms with Crippen LogP contribution in [0.25, 0.3) is 0 Å². The number of rotatable bonds is 13. The van der Waals surface area contributed by atoms with Crippen LogP contribution in [-0.2, 0) is 57.0 Å². The molecule has 0 spiro atoms. The van der Waals surface area contributed by atoms with Gasteiger partial charge in [-0.2, -0.15) is 0 Å². The van der Waals surface area contributed by atoms with Gasteiger partial charge in [-0.3, -0.25) is 14.1 Å². The van der Waals surface area contributed by atoms with Gasteiger partial charge >= 0.3 is 12.1 Å². The minimum Gasteiger partial charge on any atom is -0.458 e. The monoisotopic (exact) mass is 875 g/mol. The van der Waals surface area contributed by atoms with Gasteiger partial charge in [0, 0.05) is 46.0 Å². The number of likely N-dealkylation sites (N-methyl/N-ethyl adjacent to an activating group) is 1. The fourth-order valence-electron chi connectivity index (χ4n) is 11.3. The van der Waals surface area contributed by atoms with Crippen LogP contribution in [0.1, 0.15) is 99.3 Å². The number of carbonyl (C=O) groups is 3. The molecular weight excluding hydrogens is 799 g/mol. The summed E-state index contributed by atoms with van der Waals surface area (Å²) in [6.07, 6.45) is 12.2. The highest BCUT2D eigenvalue weighted by Gasteiger charge is 2.53. The Bertz CT molecular complexity index is 1610. The van der Waals surface area contributed by atoms with Gasteiger partial charge in [0.2, 0.25) is 6.73 Å². The topological polar surface area (TPSA) is 144 Å². The van der Waals surface area contributed by atoms with Gasteiger partial charge < -0.3 is 47.4 Å². The quantitative estimate of drug-likeness (QED) is 0.0806. The van der Waals surface area contributed by atoms with E-state index < -0.39 is 36.9 Å². The lowest BCUT2D eigenvalue weighted by Gasteiger charge is -2.44. The highest BCUT2D eigenvalue weighted by Crippen LogP contribution is 2.54. The van der Waals surface area contributed by atoms with E-state index in [1.54, 1.807) is 35.2 Å². The predicted molar refractivity (Wildman–Crippen MR) is 229 cm³/mol. The largest absolute Gasteiger partial charge is 0.512 e. The first-order valence-electron chi connectivity index (χ1n) is 23.3. The molecule has 3 aliphatic carbocycles. The van der Waals surface area contributed by atoms with Crippen molar-refractivity contribution in [3.05, 3.63) is 36.0 Å². The average molecular weight is 875 g/mol. The smallest absolute Gasteiger partial charge is 0.458 e. The number of esters is 1. The SMILES string of the molecule is CC/C=C/[C@H]1CCC[C@H](OC2CCC([N+](C)(C)COC(=O)OC(C)C)C(C)O2)[C@@H](C)C(=O)C2=C[C@H]3[C@@H]4C[C@H](OC5OC(C)C(OC)C(OC)C5OC)C[C@H]4C=C[C@H]3C2CC(=O)O1. The first-order valence-corrected chi connectivity index (χ1v) is 23.3. The van der Waals surface area contributed by atoms with Gasteiger partial charge in [-0.15, -0.1) is 0 Å². The Morgan fingerprint density at radius 3 is 2.31 bits per heavy atom. The minimum absolute atomic E-state index is 0.0178. The minimum atomic E-state index is -0.682. The number of hydrogen-bond acceptors (Lipinski definition) is 13. The molecule has 4 fully saturated rings. The van der Waals surface area contributed by atoms with Crippen molar-refractivity contribution >= 4 is 17.9 Å². The van der Waals surface area contributed by atoms with Gasteiger partial charge in [-0.05, 0) is 102 Å². The Labute approximate surface area is 369 Å². The van der Waals surface area contributed by atoms with E-state index in [0.717, 1.165) is 25.7 Å². The molecule has 0 aromatic carbocycles. The summed E-state index contributed by atoms with van der Waals surface area (Å²) in [5.74, 6) is -0.499. The van der Waals surface area contributed by atoms with Crippen LogP contribution in [0.5, 0.6) is 0 Å². The molecule has 3 heterocycles. The first kappa shape index (κ1) is 48.8. The van der Waals surface area contributed by atoms with Crippen molar-refractivity contribution in [3.63, 3.8) is 0 Å². The van der Waals surface area contributed by atoms with Crippen LogP contribution in [-0.4, -0.2) is 138 Å².